The summed E-state index contributed by atoms with van der Waals surface area (Å²) in [5, 5.41) is 7.62. The zero-order valence-corrected chi connectivity index (χ0v) is 12.2. The Morgan fingerprint density at radius 3 is 2.62 bits per heavy atom. The van der Waals surface area contributed by atoms with Crippen LogP contribution in [0.1, 0.15) is 17.3 Å². The Balaban J connectivity index is 1.66. The van der Waals surface area contributed by atoms with Crippen molar-refractivity contribution in [2.24, 2.45) is 0 Å². The highest BCUT2D eigenvalue weighted by atomic mass is 32.2. The number of nitrogens with zero attached hydrogens (tertiary/aromatic N) is 3. The molecule has 0 spiro atoms. The summed E-state index contributed by atoms with van der Waals surface area (Å²) in [6, 6.07) is 11.2. The largest absolute Gasteiger partial charge is 0.360 e. The predicted octanol–water partition coefficient (Wildman–Crippen LogP) is 2.48. The molecule has 0 amide bonds. The third-order valence-corrected chi connectivity index (χ3v) is 3.95. The minimum atomic E-state index is -1.17. The van der Waals surface area contributed by atoms with Gasteiger partial charge >= 0.3 is 0 Å². The van der Waals surface area contributed by atoms with Gasteiger partial charge in [-0.1, -0.05) is 28.5 Å². The fraction of sp³-hybridized carbons (Fsp3) is 0.214. The molecule has 0 saturated carbocycles. The molecule has 0 N–H and O–H groups in total. The standard InChI is InChI=1S/C14H13N3O3S/c1-10-7-12(19-16-10)8-21(18)9-13-15-14(20-17-13)11-5-3-2-4-6-11/h2-7H,8-9H2,1H3/t21-/m1/s1. The van der Waals surface area contributed by atoms with E-state index in [9.17, 15) is 4.21 Å². The molecule has 1 atom stereocenters. The molecule has 0 fully saturated rings. The normalized spacial score (nSPS) is 12.4. The van der Waals surface area contributed by atoms with Crippen molar-refractivity contribution in [2.75, 3.05) is 0 Å². The Morgan fingerprint density at radius 2 is 1.90 bits per heavy atom. The van der Waals surface area contributed by atoms with Gasteiger partial charge in [-0.15, -0.1) is 0 Å². The van der Waals surface area contributed by atoms with Gasteiger partial charge < -0.3 is 9.05 Å². The molecule has 7 heteroatoms. The van der Waals surface area contributed by atoms with Crippen molar-refractivity contribution in [3.8, 4) is 11.5 Å². The third kappa shape index (κ3) is 3.43. The molecule has 0 aliphatic carbocycles. The highest BCUT2D eigenvalue weighted by molar-refractivity contribution is 7.83. The van der Waals surface area contributed by atoms with E-state index in [1.165, 1.54) is 0 Å². The van der Waals surface area contributed by atoms with Crippen molar-refractivity contribution in [3.05, 3.63) is 53.7 Å². The van der Waals surface area contributed by atoms with Crippen LogP contribution in [0.2, 0.25) is 0 Å². The Hall–Kier alpha value is -2.28. The van der Waals surface area contributed by atoms with E-state index in [4.69, 9.17) is 9.05 Å². The maximum absolute atomic E-state index is 12.0. The Labute approximate surface area is 123 Å². The van der Waals surface area contributed by atoms with Gasteiger partial charge in [0, 0.05) is 22.4 Å². The topological polar surface area (TPSA) is 82.0 Å². The lowest BCUT2D eigenvalue weighted by Gasteiger charge is -1.94. The molecule has 1 aromatic carbocycles. The van der Waals surface area contributed by atoms with Crippen LogP contribution in [0.4, 0.5) is 0 Å². The van der Waals surface area contributed by atoms with Crippen LogP contribution in [0.25, 0.3) is 11.5 Å². The van der Waals surface area contributed by atoms with Crippen LogP contribution in [0.5, 0.6) is 0 Å². The van der Waals surface area contributed by atoms with Gasteiger partial charge in [-0.25, -0.2) is 0 Å². The molecule has 3 rings (SSSR count). The molecule has 0 saturated heterocycles. The van der Waals surface area contributed by atoms with Gasteiger partial charge in [0.15, 0.2) is 5.82 Å². The minimum Gasteiger partial charge on any atom is -0.360 e. The summed E-state index contributed by atoms with van der Waals surface area (Å²) in [5.74, 6) is 1.95. The molecule has 2 aromatic heterocycles. The van der Waals surface area contributed by atoms with E-state index >= 15 is 0 Å². The van der Waals surface area contributed by atoms with Crippen molar-refractivity contribution in [3.63, 3.8) is 0 Å². The van der Waals surface area contributed by atoms with Crippen LogP contribution in [0.15, 0.2) is 45.4 Å². The summed E-state index contributed by atoms with van der Waals surface area (Å²) < 4.78 is 22.3. The third-order valence-electron chi connectivity index (χ3n) is 2.76. The highest BCUT2D eigenvalue weighted by Gasteiger charge is 2.13. The summed E-state index contributed by atoms with van der Waals surface area (Å²) in [6.45, 7) is 1.82. The van der Waals surface area contributed by atoms with E-state index < -0.39 is 10.8 Å². The molecule has 21 heavy (non-hydrogen) atoms. The first kappa shape index (κ1) is 13.7. The second-order valence-corrected chi connectivity index (χ2v) is 6.00. The van der Waals surface area contributed by atoms with E-state index in [0.29, 0.717) is 17.5 Å². The van der Waals surface area contributed by atoms with Gasteiger partial charge in [-0.3, -0.25) is 4.21 Å². The molecular weight excluding hydrogens is 290 g/mol. The minimum absolute atomic E-state index is 0.218. The van der Waals surface area contributed by atoms with Crippen LogP contribution >= 0.6 is 0 Å². The number of aryl methyl sites for hydroxylation is 1. The first-order valence-corrected chi connectivity index (χ1v) is 7.85. The van der Waals surface area contributed by atoms with Crippen molar-refractivity contribution < 1.29 is 13.3 Å². The van der Waals surface area contributed by atoms with Gasteiger partial charge in [0.2, 0.25) is 0 Å². The second-order valence-electron chi connectivity index (χ2n) is 4.54. The van der Waals surface area contributed by atoms with E-state index in [-0.39, 0.29) is 11.5 Å². The van der Waals surface area contributed by atoms with Gasteiger partial charge in [-0.05, 0) is 19.1 Å². The number of aromatic nitrogens is 3. The number of hydrogen-bond acceptors (Lipinski definition) is 6. The van der Waals surface area contributed by atoms with Gasteiger partial charge in [0.1, 0.15) is 5.76 Å². The molecule has 6 nitrogen and oxygen atoms in total. The number of hydrogen-bond donors (Lipinski definition) is 0. The van der Waals surface area contributed by atoms with E-state index in [0.717, 1.165) is 11.3 Å². The van der Waals surface area contributed by atoms with Crippen molar-refractivity contribution in [1.82, 2.24) is 15.3 Å². The molecule has 0 radical (unpaired) electrons. The van der Waals surface area contributed by atoms with Crippen LogP contribution in [0.3, 0.4) is 0 Å². The van der Waals surface area contributed by atoms with Crippen LogP contribution in [-0.2, 0) is 22.3 Å². The monoisotopic (exact) mass is 303 g/mol. The van der Waals surface area contributed by atoms with E-state index in [1.807, 2.05) is 37.3 Å². The first-order valence-electron chi connectivity index (χ1n) is 6.36. The smallest absolute Gasteiger partial charge is 0.257 e. The second kappa shape index (κ2) is 6.01. The zero-order valence-electron chi connectivity index (χ0n) is 11.4. The average Bonchev–Trinajstić information content (AvgIpc) is 3.09. The van der Waals surface area contributed by atoms with Crippen LogP contribution in [0, 0.1) is 6.92 Å². The summed E-state index contributed by atoms with van der Waals surface area (Å²) >= 11 is 0. The zero-order chi connectivity index (χ0) is 14.7. The Kier molecular flexibility index (Phi) is 3.92. The average molecular weight is 303 g/mol. The number of rotatable bonds is 5. The molecular formula is C14H13N3O3S. The van der Waals surface area contributed by atoms with Gasteiger partial charge in [0.05, 0.1) is 17.2 Å². The highest BCUT2D eigenvalue weighted by Crippen LogP contribution is 2.17. The van der Waals surface area contributed by atoms with Crippen LogP contribution in [-0.4, -0.2) is 19.5 Å². The van der Waals surface area contributed by atoms with Crippen molar-refractivity contribution in [1.29, 1.82) is 0 Å². The van der Waals surface area contributed by atoms with E-state index in [1.54, 1.807) is 6.07 Å². The lowest BCUT2D eigenvalue weighted by molar-refractivity contribution is 0.390. The van der Waals surface area contributed by atoms with E-state index in [2.05, 4.69) is 15.3 Å². The predicted molar refractivity (Wildman–Crippen MR) is 76.5 cm³/mol. The lowest BCUT2D eigenvalue weighted by Crippen LogP contribution is -2.00. The maximum atomic E-state index is 12.0. The van der Waals surface area contributed by atoms with Crippen molar-refractivity contribution in [2.45, 2.75) is 18.4 Å². The van der Waals surface area contributed by atoms with Crippen LogP contribution < -0.4 is 0 Å². The molecule has 108 valence electrons. The fourth-order valence-corrected chi connectivity index (χ4v) is 2.81. The maximum Gasteiger partial charge on any atom is 0.257 e. The molecule has 2 heterocycles. The summed E-state index contributed by atoms with van der Waals surface area (Å²) in [7, 11) is -1.17. The molecule has 0 bridgehead atoms. The first-order chi connectivity index (χ1) is 10.2. The lowest BCUT2D eigenvalue weighted by atomic mass is 10.2. The summed E-state index contributed by atoms with van der Waals surface area (Å²) in [4.78, 5) is 4.25. The van der Waals surface area contributed by atoms with Gasteiger partial charge in [-0.2, -0.15) is 4.98 Å². The Morgan fingerprint density at radius 1 is 1.10 bits per heavy atom. The van der Waals surface area contributed by atoms with Crippen molar-refractivity contribution >= 4 is 10.8 Å². The Bertz CT molecular complexity index is 752. The SMILES string of the molecule is Cc1cc(C[S@@](=O)Cc2noc(-c3ccccc3)n2)on1. The number of benzene rings is 1. The molecule has 0 aliphatic rings. The summed E-state index contributed by atoms with van der Waals surface area (Å²) in [6.07, 6.45) is 0. The quantitative estimate of drug-likeness (QED) is 0.720. The summed E-state index contributed by atoms with van der Waals surface area (Å²) in [5.41, 5.74) is 1.61. The fourth-order valence-electron chi connectivity index (χ4n) is 1.85. The molecule has 3 aromatic rings. The molecule has 0 unspecified atom stereocenters. The molecule has 0 aliphatic heterocycles. The van der Waals surface area contributed by atoms with Gasteiger partial charge in [0.25, 0.3) is 5.89 Å².